The molecule has 1 rings (SSSR count). The Morgan fingerprint density at radius 3 is 2.79 bits per heavy atom. The fourth-order valence-corrected chi connectivity index (χ4v) is 1.34. The molecule has 5 nitrogen and oxygen atoms in total. The van der Waals surface area contributed by atoms with Gasteiger partial charge in [0.25, 0.3) is 0 Å². The van der Waals surface area contributed by atoms with Crippen LogP contribution in [-0.4, -0.2) is 36.2 Å². The molecule has 0 aromatic rings. The van der Waals surface area contributed by atoms with Crippen LogP contribution in [0.15, 0.2) is 0 Å². The first-order chi connectivity index (χ1) is 6.61. The van der Waals surface area contributed by atoms with Crippen LogP contribution in [-0.2, 0) is 14.3 Å². The number of ether oxygens (including phenoxy) is 1. The molecule has 0 aromatic heterocycles. The van der Waals surface area contributed by atoms with Crippen LogP contribution in [0.4, 0.5) is 0 Å². The van der Waals surface area contributed by atoms with Gasteiger partial charge < -0.3 is 15.2 Å². The average Bonchev–Trinajstić information content (AvgIpc) is 2.19. The highest BCUT2D eigenvalue weighted by Gasteiger charge is 2.24. The number of amides is 1. The predicted molar refractivity (Wildman–Crippen MR) is 48.8 cm³/mol. The molecule has 1 saturated heterocycles. The molecule has 0 aliphatic carbocycles. The summed E-state index contributed by atoms with van der Waals surface area (Å²) in [6.45, 7) is 2.54. The second-order valence-corrected chi connectivity index (χ2v) is 3.48. The largest absolute Gasteiger partial charge is 0.480 e. The van der Waals surface area contributed by atoms with Crippen molar-refractivity contribution in [2.24, 2.45) is 5.92 Å². The van der Waals surface area contributed by atoms with Crippen LogP contribution in [0.1, 0.15) is 19.8 Å². The van der Waals surface area contributed by atoms with E-state index in [0.717, 1.165) is 12.8 Å². The minimum atomic E-state index is -1.02. The second kappa shape index (κ2) is 4.95. The van der Waals surface area contributed by atoms with Gasteiger partial charge in [-0.3, -0.25) is 9.59 Å². The number of carboxylic acid groups (broad SMARTS) is 1. The van der Waals surface area contributed by atoms with E-state index >= 15 is 0 Å². The Bertz CT molecular complexity index is 223. The Kier molecular flexibility index (Phi) is 3.88. The number of carbonyl (C=O) groups is 2. The van der Waals surface area contributed by atoms with Gasteiger partial charge in [-0.15, -0.1) is 0 Å². The monoisotopic (exact) mass is 201 g/mol. The van der Waals surface area contributed by atoms with Gasteiger partial charge >= 0.3 is 5.97 Å². The molecule has 1 heterocycles. The predicted octanol–water partition coefficient (Wildman–Crippen LogP) is 0.00230. The lowest BCUT2D eigenvalue weighted by atomic mass is 10.0. The number of rotatable bonds is 3. The molecule has 0 radical (unpaired) electrons. The lowest BCUT2D eigenvalue weighted by Crippen LogP contribution is -2.43. The molecule has 1 amide bonds. The van der Waals surface area contributed by atoms with E-state index in [2.05, 4.69) is 5.32 Å². The highest BCUT2D eigenvalue weighted by Crippen LogP contribution is 2.13. The summed E-state index contributed by atoms with van der Waals surface area (Å²) in [5.41, 5.74) is 0. The summed E-state index contributed by atoms with van der Waals surface area (Å²) >= 11 is 0. The van der Waals surface area contributed by atoms with Crippen LogP contribution in [0.2, 0.25) is 0 Å². The zero-order valence-electron chi connectivity index (χ0n) is 8.16. The summed E-state index contributed by atoms with van der Waals surface area (Å²) in [6, 6.07) is -0.829. The maximum atomic E-state index is 11.5. The van der Waals surface area contributed by atoms with Crippen molar-refractivity contribution in [3.63, 3.8) is 0 Å². The van der Waals surface area contributed by atoms with E-state index in [9.17, 15) is 9.59 Å². The molecule has 2 N–H and O–H groups in total. The zero-order chi connectivity index (χ0) is 10.6. The van der Waals surface area contributed by atoms with Gasteiger partial charge in [-0.25, -0.2) is 0 Å². The summed E-state index contributed by atoms with van der Waals surface area (Å²) in [4.78, 5) is 21.9. The van der Waals surface area contributed by atoms with Crippen molar-refractivity contribution in [3.05, 3.63) is 0 Å². The lowest BCUT2D eigenvalue weighted by Gasteiger charge is -2.22. The SMILES string of the molecule is CC(NC(=O)C1CCCOC1)C(=O)O. The van der Waals surface area contributed by atoms with E-state index in [1.165, 1.54) is 6.92 Å². The number of aliphatic carboxylic acids is 1. The molecule has 2 atom stereocenters. The van der Waals surface area contributed by atoms with Gasteiger partial charge in [-0.05, 0) is 19.8 Å². The van der Waals surface area contributed by atoms with Gasteiger partial charge in [0, 0.05) is 6.61 Å². The van der Waals surface area contributed by atoms with Gasteiger partial charge in [0.1, 0.15) is 6.04 Å². The molecule has 5 heteroatoms. The Morgan fingerprint density at radius 2 is 2.29 bits per heavy atom. The van der Waals surface area contributed by atoms with Gasteiger partial charge in [-0.2, -0.15) is 0 Å². The van der Waals surface area contributed by atoms with Gasteiger partial charge in [-0.1, -0.05) is 0 Å². The van der Waals surface area contributed by atoms with E-state index in [-0.39, 0.29) is 11.8 Å². The molecular formula is C9H15NO4. The first-order valence-electron chi connectivity index (χ1n) is 4.72. The third-order valence-corrected chi connectivity index (χ3v) is 2.26. The minimum Gasteiger partial charge on any atom is -0.480 e. The smallest absolute Gasteiger partial charge is 0.325 e. The molecule has 1 fully saturated rings. The number of carbonyl (C=O) groups excluding carboxylic acids is 1. The third kappa shape index (κ3) is 2.99. The molecule has 1 aliphatic heterocycles. The molecule has 0 spiro atoms. The fourth-order valence-electron chi connectivity index (χ4n) is 1.34. The highest BCUT2D eigenvalue weighted by molar-refractivity contribution is 5.84. The molecule has 0 bridgehead atoms. The van der Waals surface area contributed by atoms with E-state index in [1.807, 2.05) is 0 Å². The third-order valence-electron chi connectivity index (χ3n) is 2.26. The Balaban J connectivity index is 2.36. The van der Waals surface area contributed by atoms with E-state index in [0.29, 0.717) is 13.2 Å². The molecule has 14 heavy (non-hydrogen) atoms. The van der Waals surface area contributed by atoms with E-state index < -0.39 is 12.0 Å². The van der Waals surface area contributed by atoms with Crippen molar-refractivity contribution in [1.29, 1.82) is 0 Å². The Morgan fingerprint density at radius 1 is 1.57 bits per heavy atom. The van der Waals surface area contributed by atoms with Crippen molar-refractivity contribution in [1.82, 2.24) is 5.32 Å². The number of hydrogen-bond acceptors (Lipinski definition) is 3. The molecule has 1 aliphatic rings. The van der Waals surface area contributed by atoms with Crippen molar-refractivity contribution in [3.8, 4) is 0 Å². The maximum absolute atomic E-state index is 11.5. The normalized spacial score (nSPS) is 23.9. The highest BCUT2D eigenvalue weighted by atomic mass is 16.5. The van der Waals surface area contributed by atoms with Crippen LogP contribution in [0.3, 0.4) is 0 Å². The van der Waals surface area contributed by atoms with E-state index in [4.69, 9.17) is 9.84 Å². The summed E-state index contributed by atoms with van der Waals surface area (Å²) in [5.74, 6) is -1.43. The lowest BCUT2D eigenvalue weighted by molar-refractivity contribution is -0.142. The van der Waals surface area contributed by atoms with Gasteiger partial charge in [0.2, 0.25) is 5.91 Å². The van der Waals surface area contributed by atoms with Crippen LogP contribution < -0.4 is 5.32 Å². The number of carboxylic acids is 1. The van der Waals surface area contributed by atoms with Crippen LogP contribution in [0.25, 0.3) is 0 Å². The average molecular weight is 201 g/mol. The topological polar surface area (TPSA) is 75.6 Å². The minimum absolute atomic E-state index is 0.189. The zero-order valence-corrected chi connectivity index (χ0v) is 8.16. The van der Waals surface area contributed by atoms with Crippen LogP contribution in [0, 0.1) is 5.92 Å². The summed E-state index contributed by atoms with van der Waals surface area (Å²) in [6.07, 6.45) is 1.64. The molecular weight excluding hydrogens is 186 g/mol. The molecule has 80 valence electrons. The quantitative estimate of drug-likeness (QED) is 0.674. The summed E-state index contributed by atoms with van der Waals surface area (Å²) in [5, 5.41) is 11.0. The first kappa shape index (κ1) is 11.0. The number of hydrogen-bond donors (Lipinski definition) is 2. The first-order valence-corrected chi connectivity index (χ1v) is 4.72. The summed E-state index contributed by atoms with van der Waals surface area (Å²) in [7, 11) is 0. The molecule has 0 saturated carbocycles. The van der Waals surface area contributed by atoms with E-state index in [1.54, 1.807) is 0 Å². The number of nitrogens with one attached hydrogen (secondary N) is 1. The van der Waals surface area contributed by atoms with Crippen molar-refractivity contribution < 1.29 is 19.4 Å². The van der Waals surface area contributed by atoms with Gasteiger partial charge in [0.05, 0.1) is 12.5 Å². The van der Waals surface area contributed by atoms with Crippen LogP contribution >= 0.6 is 0 Å². The Labute approximate surface area is 82.4 Å². The molecule has 2 unspecified atom stereocenters. The van der Waals surface area contributed by atoms with Crippen molar-refractivity contribution in [2.45, 2.75) is 25.8 Å². The standard InChI is InChI=1S/C9H15NO4/c1-6(9(12)13)10-8(11)7-3-2-4-14-5-7/h6-7H,2-5H2,1H3,(H,10,11)(H,12,13). The van der Waals surface area contributed by atoms with Crippen molar-refractivity contribution >= 4 is 11.9 Å². The Hall–Kier alpha value is -1.10. The fraction of sp³-hybridized carbons (Fsp3) is 0.778. The second-order valence-electron chi connectivity index (χ2n) is 3.48. The molecule has 0 aromatic carbocycles. The summed E-state index contributed by atoms with van der Waals surface area (Å²) < 4.78 is 5.14. The maximum Gasteiger partial charge on any atom is 0.325 e. The van der Waals surface area contributed by atoms with Gasteiger partial charge in [0.15, 0.2) is 0 Å². The van der Waals surface area contributed by atoms with Crippen molar-refractivity contribution in [2.75, 3.05) is 13.2 Å². The van der Waals surface area contributed by atoms with Crippen LogP contribution in [0.5, 0.6) is 0 Å².